The second-order valence-corrected chi connectivity index (χ2v) is 5.45. The number of imidazole rings is 1. The molecule has 1 aromatic rings. The van der Waals surface area contributed by atoms with Crippen LogP contribution in [0, 0.1) is 5.41 Å². The van der Waals surface area contributed by atoms with Crippen LogP contribution in [-0.4, -0.2) is 58.7 Å². The summed E-state index contributed by atoms with van der Waals surface area (Å²) in [6, 6.07) is 0. The standard InChI is InChI=1S/C13H23N5O2/c1-13(2,19)12-16-9(11(15-3)17(12)4)10(14)18-5-7-20-8-6-18/h14-15,19H,5-8H2,1-4H3. The molecule has 0 atom stereocenters. The third-order valence-electron chi connectivity index (χ3n) is 3.43. The Bertz CT molecular complexity index is 498. The minimum atomic E-state index is -1.05. The SMILES string of the molecule is CNc1c(C(=N)N2CCOCC2)nc(C(C)(C)O)n1C. The van der Waals surface area contributed by atoms with Gasteiger partial charge in [-0.15, -0.1) is 0 Å². The van der Waals surface area contributed by atoms with Crippen LogP contribution in [0.15, 0.2) is 0 Å². The van der Waals surface area contributed by atoms with Crippen LogP contribution < -0.4 is 5.32 Å². The van der Waals surface area contributed by atoms with Crippen molar-refractivity contribution in [1.29, 1.82) is 5.41 Å². The van der Waals surface area contributed by atoms with E-state index in [1.807, 2.05) is 11.9 Å². The first-order chi connectivity index (χ1) is 9.36. The molecular formula is C13H23N5O2. The molecule has 1 aliphatic rings. The van der Waals surface area contributed by atoms with E-state index in [1.165, 1.54) is 0 Å². The van der Waals surface area contributed by atoms with Gasteiger partial charge in [-0.1, -0.05) is 0 Å². The summed E-state index contributed by atoms with van der Waals surface area (Å²) in [6.45, 7) is 6.02. The molecule has 1 aromatic heterocycles. The number of rotatable bonds is 3. The lowest BCUT2D eigenvalue weighted by Gasteiger charge is -2.28. The number of morpholine rings is 1. The van der Waals surface area contributed by atoms with Crippen molar-refractivity contribution in [2.75, 3.05) is 38.7 Å². The predicted octanol–water partition coefficient (Wildman–Crippen LogP) is 0.347. The van der Waals surface area contributed by atoms with Gasteiger partial charge >= 0.3 is 0 Å². The lowest BCUT2D eigenvalue weighted by atomic mass is 10.1. The molecule has 1 fully saturated rings. The van der Waals surface area contributed by atoms with Crippen molar-refractivity contribution in [2.24, 2.45) is 7.05 Å². The van der Waals surface area contributed by atoms with Crippen molar-refractivity contribution < 1.29 is 9.84 Å². The number of nitrogens with zero attached hydrogens (tertiary/aromatic N) is 3. The van der Waals surface area contributed by atoms with Gasteiger partial charge in [0.2, 0.25) is 0 Å². The van der Waals surface area contributed by atoms with Gasteiger partial charge < -0.3 is 24.6 Å². The molecule has 1 saturated heterocycles. The van der Waals surface area contributed by atoms with Crippen LogP contribution >= 0.6 is 0 Å². The third kappa shape index (κ3) is 2.64. The van der Waals surface area contributed by atoms with E-state index in [-0.39, 0.29) is 0 Å². The van der Waals surface area contributed by atoms with E-state index in [9.17, 15) is 5.11 Å². The molecule has 2 heterocycles. The average molecular weight is 281 g/mol. The van der Waals surface area contributed by atoms with Gasteiger partial charge in [-0.25, -0.2) is 4.98 Å². The van der Waals surface area contributed by atoms with Gasteiger partial charge in [0, 0.05) is 27.2 Å². The highest BCUT2D eigenvalue weighted by atomic mass is 16.5. The first kappa shape index (κ1) is 14.8. The molecule has 7 nitrogen and oxygen atoms in total. The van der Waals surface area contributed by atoms with Gasteiger partial charge in [0.05, 0.1) is 13.2 Å². The fourth-order valence-electron chi connectivity index (χ4n) is 2.43. The molecular weight excluding hydrogens is 258 g/mol. The van der Waals surface area contributed by atoms with E-state index in [2.05, 4.69) is 10.3 Å². The first-order valence-electron chi connectivity index (χ1n) is 6.75. The zero-order valence-corrected chi connectivity index (χ0v) is 12.5. The summed E-state index contributed by atoms with van der Waals surface area (Å²) in [5.74, 6) is 1.64. The van der Waals surface area contributed by atoms with E-state index < -0.39 is 5.60 Å². The molecule has 0 aromatic carbocycles. The average Bonchev–Trinajstić information content (AvgIpc) is 2.75. The summed E-state index contributed by atoms with van der Waals surface area (Å²) in [6.07, 6.45) is 0. The predicted molar refractivity (Wildman–Crippen MR) is 77.2 cm³/mol. The maximum absolute atomic E-state index is 10.2. The Hall–Kier alpha value is -1.60. The topological polar surface area (TPSA) is 86.4 Å². The van der Waals surface area contributed by atoms with Gasteiger partial charge in [0.15, 0.2) is 5.84 Å². The molecule has 0 radical (unpaired) electrons. The number of ether oxygens (including phenoxy) is 1. The number of hydrogen-bond donors (Lipinski definition) is 3. The van der Waals surface area contributed by atoms with Crippen molar-refractivity contribution in [3.8, 4) is 0 Å². The Labute approximate surface area is 119 Å². The maximum atomic E-state index is 10.2. The molecule has 112 valence electrons. The second-order valence-electron chi connectivity index (χ2n) is 5.45. The molecule has 7 heteroatoms. The van der Waals surface area contributed by atoms with E-state index in [1.54, 1.807) is 25.5 Å². The molecule has 0 aliphatic carbocycles. The van der Waals surface area contributed by atoms with Crippen molar-refractivity contribution in [3.05, 3.63) is 11.5 Å². The zero-order chi connectivity index (χ0) is 14.9. The van der Waals surface area contributed by atoms with Crippen LogP contribution in [0.4, 0.5) is 5.82 Å². The van der Waals surface area contributed by atoms with E-state index in [4.69, 9.17) is 10.1 Å². The van der Waals surface area contributed by atoms with Gasteiger partial charge in [-0.3, -0.25) is 5.41 Å². The minimum Gasteiger partial charge on any atom is -0.383 e. The van der Waals surface area contributed by atoms with Crippen LogP contribution in [0.2, 0.25) is 0 Å². The monoisotopic (exact) mass is 281 g/mol. The Balaban J connectivity index is 2.38. The minimum absolute atomic E-state index is 0.365. The lowest BCUT2D eigenvalue weighted by molar-refractivity contribution is 0.0653. The summed E-state index contributed by atoms with van der Waals surface area (Å²) in [4.78, 5) is 6.42. The van der Waals surface area contributed by atoms with Crippen molar-refractivity contribution in [2.45, 2.75) is 19.4 Å². The number of aromatic nitrogens is 2. The molecule has 3 N–H and O–H groups in total. The summed E-state index contributed by atoms with van der Waals surface area (Å²) >= 11 is 0. The number of nitrogens with one attached hydrogen (secondary N) is 2. The largest absolute Gasteiger partial charge is 0.383 e. The molecule has 0 saturated carbocycles. The van der Waals surface area contributed by atoms with E-state index in [0.717, 1.165) is 5.82 Å². The van der Waals surface area contributed by atoms with Crippen molar-refractivity contribution >= 4 is 11.7 Å². The molecule has 0 spiro atoms. The Morgan fingerprint density at radius 1 is 1.40 bits per heavy atom. The molecule has 2 rings (SSSR count). The molecule has 0 bridgehead atoms. The van der Waals surface area contributed by atoms with Gasteiger partial charge in [0.1, 0.15) is 22.9 Å². The smallest absolute Gasteiger partial charge is 0.151 e. The number of anilines is 1. The Morgan fingerprint density at radius 3 is 2.50 bits per heavy atom. The molecule has 0 amide bonds. The lowest BCUT2D eigenvalue weighted by Crippen LogP contribution is -2.41. The van der Waals surface area contributed by atoms with E-state index >= 15 is 0 Å². The summed E-state index contributed by atoms with van der Waals surface area (Å²) in [5.41, 5.74) is -0.488. The molecule has 20 heavy (non-hydrogen) atoms. The molecule has 1 aliphatic heterocycles. The van der Waals surface area contributed by atoms with Gasteiger partial charge in [-0.05, 0) is 13.8 Å². The van der Waals surface area contributed by atoms with Gasteiger partial charge in [0.25, 0.3) is 0 Å². The quantitative estimate of drug-likeness (QED) is 0.550. The normalized spacial score (nSPS) is 16.4. The van der Waals surface area contributed by atoms with Crippen molar-refractivity contribution in [1.82, 2.24) is 14.5 Å². The zero-order valence-electron chi connectivity index (χ0n) is 12.5. The Morgan fingerprint density at radius 2 is 2.00 bits per heavy atom. The highest BCUT2D eigenvalue weighted by Crippen LogP contribution is 2.25. The summed E-state index contributed by atoms with van der Waals surface area (Å²) in [5, 5.41) is 21.6. The van der Waals surface area contributed by atoms with Crippen molar-refractivity contribution in [3.63, 3.8) is 0 Å². The Kier molecular flexibility index (Phi) is 4.01. The first-order valence-corrected chi connectivity index (χ1v) is 6.75. The van der Waals surface area contributed by atoms with Gasteiger partial charge in [-0.2, -0.15) is 0 Å². The number of hydrogen-bond acceptors (Lipinski definition) is 5. The van der Waals surface area contributed by atoms with Crippen LogP contribution in [-0.2, 0) is 17.4 Å². The summed E-state index contributed by atoms with van der Waals surface area (Å²) < 4.78 is 7.10. The fourth-order valence-corrected chi connectivity index (χ4v) is 2.43. The third-order valence-corrected chi connectivity index (χ3v) is 3.43. The van der Waals surface area contributed by atoms with Crippen LogP contribution in [0.5, 0.6) is 0 Å². The molecule has 0 unspecified atom stereocenters. The summed E-state index contributed by atoms with van der Waals surface area (Å²) in [7, 11) is 3.63. The van der Waals surface area contributed by atoms with Crippen LogP contribution in [0.1, 0.15) is 25.4 Å². The van der Waals surface area contributed by atoms with E-state index in [0.29, 0.717) is 43.7 Å². The fraction of sp³-hybridized carbons (Fsp3) is 0.692. The second kappa shape index (κ2) is 5.41. The number of amidine groups is 1. The maximum Gasteiger partial charge on any atom is 0.151 e. The highest BCUT2D eigenvalue weighted by molar-refractivity contribution is 5.99. The van der Waals surface area contributed by atoms with Crippen LogP contribution in [0.25, 0.3) is 0 Å². The van der Waals surface area contributed by atoms with Crippen LogP contribution in [0.3, 0.4) is 0 Å². The number of aliphatic hydroxyl groups is 1. The highest BCUT2D eigenvalue weighted by Gasteiger charge is 2.29.